The van der Waals surface area contributed by atoms with Crippen molar-refractivity contribution < 1.29 is 29.2 Å². The molecule has 30 heavy (non-hydrogen) atoms. The van der Waals surface area contributed by atoms with Gasteiger partial charge in [-0.15, -0.1) is 0 Å². The molecule has 1 aliphatic heterocycles. The SMILES string of the molecule is CC(=O)N[C@H]1[C@H]([N+](=O)[O-])[C@](C)(O)C[C@@]12C(=O)N(C(=O)OC(C)(C)C)c1ccccc12. The number of anilines is 1. The number of hydrogen-bond acceptors (Lipinski definition) is 7. The van der Waals surface area contributed by atoms with Gasteiger partial charge in [0.2, 0.25) is 11.8 Å². The summed E-state index contributed by atoms with van der Waals surface area (Å²) in [5.74, 6) is -1.37. The predicted molar refractivity (Wildman–Crippen MR) is 105 cm³/mol. The van der Waals surface area contributed by atoms with E-state index >= 15 is 0 Å². The van der Waals surface area contributed by atoms with Crippen LogP contribution >= 0.6 is 0 Å². The van der Waals surface area contributed by atoms with Crippen LogP contribution in [0.25, 0.3) is 0 Å². The van der Waals surface area contributed by atoms with Crippen molar-refractivity contribution in [3.8, 4) is 0 Å². The first kappa shape index (κ1) is 21.7. The molecular weight excluding hydrogens is 394 g/mol. The highest BCUT2D eigenvalue weighted by Crippen LogP contribution is 2.55. The van der Waals surface area contributed by atoms with Crippen molar-refractivity contribution in [2.45, 2.75) is 69.7 Å². The lowest BCUT2D eigenvalue weighted by Crippen LogP contribution is -2.59. The van der Waals surface area contributed by atoms with Crippen molar-refractivity contribution in [2.75, 3.05) is 4.90 Å². The van der Waals surface area contributed by atoms with E-state index in [1.54, 1.807) is 39.0 Å². The molecule has 1 fully saturated rings. The van der Waals surface area contributed by atoms with Gasteiger partial charge in [-0.25, -0.2) is 9.69 Å². The minimum Gasteiger partial charge on any atom is -0.443 e. The summed E-state index contributed by atoms with van der Waals surface area (Å²) in [7, 11) is 0. The van der Waals surface area contributed by atoms with E-state index < -0.39 is 51.5 Å². The van der Waals surface area contributed by atoms with Crippen molar-refractivity contribution in [3.05, 3.63) is 39.9 Å². The summed E-state index contributed by atoms with van der Waals surface area (Å²) >= 11 is 0. The Bertz CT molecular complexity index is 937. The number of para-hydroxylation sites is 1. The average Bonchev–Trinajstić information content (AvgIpc) is 2.95. The number of carbonyl (C=O) groups excluding carboxylic acids is 3. The average molecular weight is 419 g/mol. The third kappa shape index (κ3) is 3.20. The molecule has 4 atom stereocenters. The summed E-state index contributed by atoms with van der Waals surface area (Å²) in [6, 6.07) is 3.34. The Kier molecular flexibility index (Phi) is 4.89. The van der Waals surface area contributed by atoms with Gasteiger partial charge in [0.05, 0.1) is 5.69 Å². The van der Waals surface area contributed by atoms with Crippen LogP contribution in [-0.2, 0) is 19.7 Å². The second-order valence-electron chi connectivity index (χ2n) is 9.05. The molecule has 0 unspecified atom stereocenters. The van der Waals surface area contributed by atoms with E-state index in [-0.39, 0.29) is 12.1 Å². The molecule has 1 aromatic rings. The summed E-state index contributed by atoms with van der Waals surface area (Å²) in [6.07, 6.45) is -1.27. The van der Waals surface area contributed by atoms with E-state index in [9.17, 15) is 29.6 Å². The van der Waals surface area contributed by atoms with Crippen LogP contribution in [0.15, 0.2) is 24.3 Å². The van der Waals surface area contributed by atoms with Crippen molar-refractivity contribution >= 4 is 23.6 Å². The number of benzene rings is 1. The lowest BCUT2D eigenvalue weighted by Gasteiger charge is -2.30. The number of aliphatic hydroxyl groups is 1. The molecule has 0 bridgehead atoms. The fourth-order valence-electron chi connectivity index (χ4n) is 4.61. The van der Waals surface area contributed by atoms with Gasteiger partial charge in [-0.1, -0.05) is 18.2 Å². The van der Waals surface area contributed by atoms with Gasteiger partial charge in [-0.2, -0.15) is 0 Å². The molecule has 2 aliphatic rings. The van der Waals surface area contributed by atoms with Gasteiger partial charge < -0.3 is 15.2 Å². The predicted octanol–water partition coefficient (Wildman–Crippen LogP) is 1.51. The number of amides is 3. The highest BCUT2D eigenvalue weighted by molar-refractivity contribution is 6.22. The summed E-state index contributed by atoms with van der Waals surface area (Å²) in [4.78, 5) is 50.5. The van der Waals surface area contributed by atoms with Gasteiger partial charge in [0.25, 0.3) is 6.04 Å². The number of fused-ring (bicyclic) bond motifs is 2. The lowest BCUT2D eigenvalue weighted by atomic mass is 9.76. The molecule has 1 aliphatic carbocycles. The minimum atomic E-state index is -1.91. The third-order valence-electron chi connectivity index (χ3n) is 5.49. The molecule has 1 spiro atoms. The highest BCUT2D eigenvalue weighted by Gasteiger charge is 2.73. The van der Waals surface area contributed by atoms with Gasteiger partial charge in [0.15, 0.2) is 0 Å². The zero-order valence-corrected chi connectivity index (χ0v) is 17.5. The Morgan fingerprint density at radius 3 is 2.47 bits per heavy atom. The first-order valence-electron chi connectivity index (χ1n) is 9.52. The fraction of sp³-hybridized carbons (Fsp3) is 0.550. The van der Waals surface area contributed by atoms with Crippen LogP contribution in [0, 0.1) is 10.1 Å². The quantitative estimate of drug-likeness (QED) is 0.547. The molecule has 2 N–H and O–H groups in total. The van der Waals surface area contributed by atoms with E-state index in [1.807, 2.05) is 0 Å². The fourth-order valence-corrected chi connectivity index (χ4v) is 4.61. The second kappa shape index (κ2) is 6.76. The molecule has 3 amide bonds. The Morgan fingerprint density at radius 2 is 1.93 bits per heavy atom. The summed E-state index contributed by atoms with van der Waals surface area (Å²) in [6.45, 7) is 7.38. The van der Waals surface area contributed by atoms with Gasteiger partial charge in [0.1, 0.15) is 22.7 Å². The van der Waals surface area contributed by atoms with Gasteiger partial charge in [-0.3, -0.25) is 19.7 Å². The maximum atomic E-state index is 13.7. The number of nitrogens with zero attached hydrogens (tertiary/aromatic N) is 2. The molecule has 1 aromatic carbocycles. The van der Waals surface area contributed by atoms with Crippen LogP contribution < -0.4 is 10.2 Å². The number of hydrogen-bond donors (Lipinski definition) is 2. The smallest absolute Gasteiger partial charge is 0.421 e. The molecule has 0 saturated heterocycles. The Morgan fingerprint density at radius 1 is 1.33 bits per heavy atom. The van der Waals surface area contributed by atoms with Crippen molar-refractivity contribution in [3.63, 3.8) is 0 Å². The molecule has 1 saturated carbocycles. The van der Waals surface area contributed by atoms with Gasteiger partial charge >= 0.3 is 6.09 Å². The van der Waals surface area contributed by atoms with Crippen LogP contribution in [0.4, 0.5) is 10.5 Å². The van der Waals surface area contributed by atoms with Gasteiger partial charge in [-0.05, 0) is 39.3 Å². The molecular formula is C20H25N3O7. The first-order chi connectivity index (χ1) is 13.7. The monoisotopic (exact) mass is 419 g/mol. The van der Waals surface area contributed by atoms with Crippen LogP contribution in [0.1, 0.15) is 46.6 Å². The number of imide groups is 1. The Hall–Kier alpha value is -3.01. The molecule has 0 aromatic heterocycles. The Labute approximate surface area is 173 Å². The zero-order chi connectivity index (χ0) is 22.6. The molecule has 10 nitrogen and oxygen atoms in total. The van der Waals surface area contributed by atoms with Crippen LogP contribution in [-0.4, -0.2) is 51.2 Å². The van der Waals surface area contributed by atoms with E-state index in [2.05, 4.69) is 5.32 Å². The van der Waals surface area contributed by atoms with Crippen molar-refractivity contribution in [2.24, 2.45) is 0 Å². The largest absolute Gasteiger partial charge is 0.443 e. The number of nitrogens with one attached hydrogen (secondary N) is 1. The molecule has 0 radical (unpaired) electrons. The summed E-state index contributed by atoms with van der Waals surface area (Å²) in [5.41, 5.74) is -3.95. The van der Waals surface area contributed by atoms with E-state index in [0.717, 1.165) is 4.90 Å². The first-order valence-corrected chi connectivity index (χ1v) is 9.52. The third-order valence-corrected chi connectivity index (χ3v) is 5.49. The summed E-state index contributed by atoms with van der Waals surface area (Å²) < 4.78 is 5.38. The zero-order valence-electron chi connectivity index (χ0n) is 17.5. The topological polar surface area (TPSA) is 139 Å². The van der Waals surface area contributed by atoms with Crippen molar-refractivity contribution in [1.29, 1.82) is 0 Å². The number of carbonyl (C=O) groups is 3. The maximum Gasteiger partial charge on any atom is 0.421 e. The lowest BCUT2D eigenvalue weighted by molar-refractivity contribution is -0.543. The van der Waals surface area contributed by atoms with E-state index in [1.165, 1.54) is 19.9 Å². The maximum absolute atomic E-state index is 13.7. The molecule has 10 heteroatoms. The second-order valence-corrected chi connectivity index (χ2v) is 9.05. The summed E-state index contributed by atoms with van der Waals surface area (Å²) in [5, 5.41) is 25.3. The van der Waals surface area contributed by atoms with Crippen LogP contribution in [0.5, 0.6) is 0 Å². The van der Waals surface area contributed by atoms with E-state index in [4.69, 9.17) is 4.74 Å². The normalized spacial score (nSPS) is 30.3. The van der Waals surface area contributed by atoms with Crippen LogP contribution in [0.3, 0.4) is 0 Å². The van der Waals surface area contributed by atoms with Crippen LogP contribution in [0.2, 0.25) is 0 Å². The number of ether oxygens (including phenoxy) is 1. The molecule has 1 heterocycles. The standard InChI is InChI=1S/C20H25N3O7/c1-11(24)21-14-15(23(28)29)19(5,27)10-20(14)12-8-6-7-9-13(12)22(16(20)25)17(26)30-18(2,3)4/h6-9,14-15,27H,10H2,1-5H3,(H,21,24)/t14-,15-,19+,20-/m0/s1. The highest BCUT2D eigenvalue weighted by atomic mass is 16.6. The number of nitro groups is 1. The number of rotatable bonds is 2. The minimum absolute atomic E-state index is 0.215. The van der Waals surface area contributed by atoms with E-state index in [0.29, 0.717) is 5.56 Å². The molecule has 3 rings (SSSR count). The molecule has 162 valence electrons. The van der Waals surface area contributed by atoms with Gasteiger partial charge in [0, 0.05) is 18.3 Å². The Balaban J connectivity index is 2.22. The van der Waals surface area contributed by atoms with Crippen molar-refractivity contribution in [1.82, 2.24) is 5.32 Å².